The quantitative estimate of drug-likeness (QED) is 0.736. The molecule has 3 heteroatoms. The first kappa shape index (κ1) is 10.5. The minimum atomic E-state index is -0.242. The van der Waals surface area contributed by atoms with E-state index in [1.54, 1.807) is 12.1 Å². The number of alkyl halides is 1. The fourth-order valence-corrected chi connectivity index (χ4v) is 1.62. The maximum Gasteiger partial charge on any atom is 0.153 e. The van der Waals surface area contributed by atoms with Crippen molar-refractivity contribution in [3.05, 3.63) is 30.1 Å². The van der Waals surface area contributed by atoms with E-state index in [4.69, 9.17) is 4.74 Å². The molecule has 0 aliphatic heterocycles. The number of ether oxygens (including phenoxy) is 1. The van der Waals surface area contributed by atoms with Crippen LogP contribution in [0.1, 0.15) is 19.8 Å². The molecule has 1 nitrogen and oxygen atoms in total. The first-order chi connectivity index (χ1) is 6.22. The summed E-state index contributed by atoms with van der Waals surface area (Å²) in [6.45, 7) is 2.09. The summed E-state index contributed by atoms with van der Waals surface area (Å²) in [5.74, 6) is 0.450. The molecule has 0 radical (unpaired) electrons. The molecule has 1 aromatic carbocycles. The van der Waals surface area contributed by atoms with Crippen molar-refractivity contribution in [3.63, 3.8) is 0 Å². The van der Waals surface area contributed by atoms with Crippen molar-refractivity contribution >= 4 is 15.9 Å². The fraction of sp³-hybridized carbons (Fsp3) is 0.400. The standard InChI is InChI=1S/C10H12BrFO/c1-2-3-10(11)13-9-6-4-8(12)5-7-9/h4-7,10H,2-3H2,1H3. The molecular formula is C10H12BrFO. The van der Waals surface area contributed by atoms with Crippen molar-refractivity contribution in [1.82, 2.24) is 0 Å². The summed E-state index contributed by atoms with van der Waals surface area (Å²) in [5.41, 5.74) is 0. The highest BCUT2D eigenvalue weighted by atomic mass is 79.9. The molecule has 1 aromatic rings. The van der Waals surface area contributed by atoms with Crippen LogP contribution in [0.3, 0.4) is 0 Å². The molecule has 72 valence electrons. The van der Waals surface area contributed by atoms with E-state index in [0.717, 1.165) is 12.8 Å². The van der Waals surface area contributed by atoms with Crippen LogP contribution in [-0.2, 0) is 0 Å². The lowest BCUT2D eigenvalue weighted by Crippen LogP contribution is -2.06. The minimum absolute atomic E-state index is 0.0166. The van der Waals surface area contributed by atoms with E-state index in [2.05, 4.69) is 22.9 Å². The van der Waals surface area contributed by atoms with Crippen LogP contribution in [0.25, 0.3) is 0 Å². The van der Waals surface area contributed by atoms with Crippen molar-refractivity contribution in [2.24, 2.45) is 0 Å². The zero-order valence-corrected chi connectivity index (χ0v) is 9.05. The Hall–Kier alpha value is -0.570. The lowest BCUT2D eigenvalue weighted by molar-refractivity contribution is 0.282. The molecule has 0 amide bonds. The molecule has 0 saturated heterocycles. The summed E-state index contributed by atoms with van der Waals surface area (Å²) in [6.07, 6.45) is 1.99. The highest BCUT2D eigenvalue weighted by Crippen LogP contribution is 2.17. The smallest absolute Gasteiger partial charge is 0.153 e. The first-order valence-electron chi connectivity index (χ1n) is 4.28. The Labute approximate surface area is 86.0 Å². The van der Waals surface area contributed by atoms with Crippen molar-refractivity contribution < 1.29 is 9.13 Å². The summed E-state index contributed by atoms with van der Waals surface area (Å²) in [5, 5.41) is 0.0166. The maximum atomic E-state index is 12.5. The number of rotatable bonds is 4. The van der Waals surface area contributed by atoms with Gasteiger partial charge < -0.3 is 4.74 Å². The van der Waals surface area contributed by atoms with Crippen LogP contribution < -0.4 is 4.74 Å². The van der Waals surface area contributed by atoms with Gasteiger partial charge in [0.15, 0.2) is 5.01 Å². The number of benzene rings is 1. The molecule has 13 heavy (non-hydrogen) atoms. The SMILES string of the molecule is CCCC(Br)Oc1ccc(F)cc1. The minimum Gasteiger partial charge on any atom is -0.479 e. The van der Waals surface area contributed by atoms with E-state index in [9.17, 15) is 4.39 Å². The second kappa shape index (κ2) is 5.22. The van der Waals surface area contributed by atoms with Crippen LogP contribution >= 0.6 is 15.9 Å². The van der Waals surface area contributed by atoms with Gasteiger partial charge in [-0.05, 0) is 46.6 Å². The fourth-order valence-electron chi connectivity index (χ4n) is 0.947. The zero-order chi connectivity index (χ0) is 9.68. The van der Waals surface area contributed by atoms with Crippen LogP contribution in [0.4, 0.5) is 4.39 Å². The Morgan fingerprint density at radius 1 is 1.38 bits per heavy atom. The lowest BCUT2D eigenvalue weighted by Gasteiger charge is -2.11. The molecular weight excluding hydrogens is 235 g/mol. The van der Waals surface area contributed by atoms with E-state index in [1.807, 2.05) is 0 Å². The average Bonchev–Trinajstić information content (AvgIpc) is 2.09. The van der Waals surface area contributed by atoms with Gasteiger partial charge in [-0.1, -0.05) is 13.3 Å². The highest BCUT2D eigenvalue weighted by Gasteiger charge is 2.03. The van der Waals surface area contributed by atoms with Crippen LogP contribution in [0.15, 0.2) is 24.3 Å². The number of halogens is 2. The van der Waals surface area contributed by atoms with Gasteiger partial charge in [0.2, 0.25) is 0 Å². The van der Waals surface area contributed by atoms with Crippen molar-refractivity contribution in [2.45, 2.75) is 24.8 Å². The molecule has 1 unspecified atom stereocenters. The second-order valence-electron chi connectivity index (χ2n) is 2.77. The zero-order valence-electron chi connectivity index (χ0n) is 7.47. The Balaban J connectivity index is 2.49. The third-order valence-corrected chi connectivity index (χ3v) is 2.24. The third kappa shape index (κ3) is 3.77. The van der Waals surface area contributed by atoms with E-state index in [-0.39, 0.29) is 10.8 Å². The molecule has 1 atom stereocenters. The van der Waals surface area contributed by atoms with Crippen LogP contribution in [0.5, 0.6) is 5.75 Å². The monoisotopic (exact) mass is 246 g/mol. The molecule has 0 fully saturated rings. The third-order valence-electron chi connectivity index (χ3n) is 1.59. The average molecular weight is 247 g/mol. The van der Waals surface area contributed by atoms with E-state index in [1.165, 1.54) is 12.1 Å². The van der Waals surface area contributed by atoms with Crippen LogP contribution in [0, 0.1) is 5.82 Å². The molecule has 1 rings (SSSR count). The topological polar surface area (TPSA) is 9.23 Å². The summed E-state index contributed by atoms with van der Waals surface area (Å²) in [6, 6.07) is 6.03. The summed E-state index contributed by atoms with van der Waals surface area (Å²) < 4.78 is 18.0. The number of hydrogen-bond donors (Lipinski definition) is 0. The molecule has 0 aliphatic carbocycles. The van der Waals surface area contributed by atoms with Crippen molar-refractivity contribution in [1.29, 1.82) is 0 Å². The Morgan fingerprint density at radius 2 is 2.00 bits per heavy atom. The van der Waals surface area contributed by atoms with Gasteiger partial charge in [-0.2, -0.15) is 0 Å². The van der Waals surface area contributed by atoms with E-state index in [0.29, 0.717) is 5.75 Å². The Kier molecular flexibility index (Phi) is 4.22. The van der Waals surface area contributed by atoms with Crippen molar-refractivity contribution in [3.8, 4) is 5.75 Å². The maximum absolute atomic E-state index is 12.5. The van der Waals surface area contributed by atoms with E-state index < -0.39 is 0 Å². The van der Waals surface area contributed by atoms with Gasteiger partial charge in [-0.3, -0.25) is 0 Å². The first-order valence-corrected chi connectivity index (χ1v) is 5.20. The van der Waals surface area contributed by atoms with Crippen LogP contribution in [0.2, 0.25) is 0 Å². The van der Waals surface area contributed by atoms with Gasteiger partial charge in [-0.15, -0.1) is 0 Å². The molecule has 0 N–H and O–H groups in total. The molecule has 0 spiro atoms. The van der Waals surface area contributed by atoms with Gasteiger partial charge in [0, 0.05) is 0 Å². The predicted molar refractivity (Wildman–Crippen MR) is 54.7 cm³/mol. The summed E-state index contributed by atoms with van der Waals surface area (Å²) in [7, 11) is 0. The summed E-state index contributed by atoms with van der Waals surface area (Å²) >= 11 is 3.38. The second-order valence-corrected chi connectivity index (χ2v) is 3.79. The molecule has 0 aliphatic rings. The molecule has 0 aromatic heterocycles. The van der Waals surface area contributed by atoms with Gasteiger partial charge in [0.25, 0.3) is 0 Å². The largest absolute Gasteiger partial charge is 0.479 e. The predicted octanol–water partition coefficient (Wildman–Crippen LogP) is 3.73. The normalized spacial score (nSPS) is 12.5. The number of hydrogen-bond acceptors (Lipinski definition) is 1. The molecule has 0 bridgehead atoms. The van der Waals surface area contributed by atoms with Crippen LogP contribution in [-0.4, -0.2) is 5.01 Å². The van der Waals surface area contributed by atoms with E-state index >= 15 is 0 Å². The van der Waals surface area contributed by atoms with Gasteiger partial charge in [-0.25, -0.2) is 4.39 Å². The molecule has 0 heterocycles. The van der Waals surface area contributed by atoms with Gasteiger partial charge in [0.05, 0.1) is 0 Å². The van der Waals surface area contributed by atoms with Crippen molar-refractivity contribution in [2.75, 3.05) is 0 Å². The lowest BCUT2D eigenvalue weighted by atomic mass is 10.3. The van der Waals surface area contributed by atoms with Gasteiger partial charge >= 0.3 is 0 Å². The summed E-state index contributed by atoms with van der Waals surface area (Å²) in [4.78, 5) is 0. The van der Waals surface area contributed by atoms with Gasteiger partial charge in [0.1, 0.15) is 11.6 Å². The highest BCUT2D eigenvalue weighted by molar-refractivity contribution is 9.09. The Bertz CT molecular complexity index is 248. The Morgan fingerprint density at radius 3 is 2.54 bits per heavy atom. The molecule has 0 saturated carbocycles.